The first kappa shape index (κ1) is 14.9. The summed E-state index contributed by atoms with van der Waals surface area (Å²) in [6.07, 6.45) is -1.55. The molecule has 3 N–H and O–H groups in total. The van der Waals surface area contributed by atoms with Crippen LogP contribution in [-0.4, -0.2) is 34.7 Å². The lowest BCUT2D eigenvalue weighted by atomic mass is 10.2. The van der Waals surface area contributed by atoms with Crippen LogP contribution < -0.4 is 5.32 Å². The molecule has 5 nitrogen and oxygen atoms in total. The first-order valence-electron chi connectivity index (χ1n) is 5.06. The molecule has 0 aromatic heterocycles. The van der Waals surface area contributed by atoms with Gasteiger partial charge in [-0.05, 0) is 18.2 Å². The van der Waals surface area contributed by atoms with Gasteiger partial charge in [0.2, 0.25) is 0 Å². The Labute approximate surface area is 117 Å². The highest BCUT2D eigenvalue weighted by Gasteiger charge is 2.14. The van der Waals surface area contributed by atoms with E-state index in [1.807, 2.05) is 0 Å². The molecule has 0 fully saturated rings. The molecule has 1 aromatic carbocycles. The second kappa shape index (κ2) is 6.72. The van der Waals surface area contributed by atoms with E-state index in [-0.39, 0.29) is 18.5 Å². The zero-order chi connectivity index (χ0) is 13.7. The fourth-order valence-electron chi connectivity index (χ4n) is 1.21. The molecule has 0 heterocycles. The van der Waals surface area contributed by atoms with E-state index in [4.69, 9.17) is 21.8 Å². The van der Waals surface area contributed by atoms with Crippen LogP contribution in [-0.2, 0) is 4.79 Å². The standard InChI is InChI=1S/C11H11BrClNO4/c12-6-1-2-8(13)7(5-6)10(16)14-4-3-9(15)11(17)18/h1-2,5,9,15H,3-4H2,(H,14,16)(H,17,18). The van der Waals surface area contributed by atoms with E-state index < -0.39 is 18.0 Å². The van der Waals surface area contributed by atoms with Crippen LogP contribution in [0.1, 0.15) is 16.8 Å². The summed E-state index contributed by atoms with van der Waals surface area (Å²) in [4.78, 5) is 22.1. The summed E-state index contributed by atoms with van der Waals surface area (Å²) in [5, 5.41) is 20.3. The molecular weight excluding hydrogens is 325 g/mol. The summed E-state index contributed by atoms with van der Waals surface area (Å²) < 4.78 is 0.711. The first-order valence-corrected chi connectivity index (χ1v) is 6.23. The SMILES string of the molecule is O=C(NCCC(O)C(=O)O)c1cc(Br)ccc1Cl. The second-order valence-electron chi connectivity index (χ2n) is 3.52. The van der Waals surface area contributed by atoms with Crippen molar-refractivity contribution in [3.05, 3.63) is 33.3 Å². The van der Waals surface area contributed by atoms with Crippen molar-refractivity contribution in [2.45, 2.75) is 12.5 Å². The van der Waals surface area contributed by atoms with Gasteiger partial charge >= 0.3 is 5.97 Å². The summed E-state index contributed by atoms with van der Waals surface area (Å²) in [6.45, 7) is 0.0507. The number of hydrogen-bond donors (Lipinski definition) is 3. The number of halogens is 2. The summed E-state index contributed by atoms with van der Waals surface area (Å²) >= 11 is 9.08. The van der Waals surface area contributed by atoms with Gasteiger partial charge in [0.1, 0.15) is 0 Å². The van der Waals surface area contributed by atoms with Crippen LogP contribution in [0.3, 0.4) is 0 Å². The van der Waals surface area contributed by atoms with E-state index >= 15 is 0 Å². The van der Waals surface area contributed by atoms with Crippen LogP contribution in [0.2, 0.25) is 5.02 Å². The Hall–Kier alpha value is -1.11. The number of rotatable bonds is 5. The Morgan fingerprint density at radius 1 is 1.44 bits per heavy atom. The lowest BCUT2D eigenvalue weighted by Gasteiger charge is -2.08. The summed E-state index contributed by atoms with van der Waals surface area (Å²) in [5.41, 5.74) is 0.288. The van der Waals surface area contributed by atoms with Gasteiger partial charge < -0.3 is 15.5 Å². The summed E-state index contributed by atoms with van der Waals surface area (Å²) in [7, 11) is 0. The lowest BCUT2D eigenvalue weighted by molar-refractivity contribution is -0.146. The fraction of sp³-hybridized carbons (Fsp3) is 0.273. The number of carboxylic acids is 1. The zero-order valence-corrected chi connectivity index (χ0v) is 11.5. The Morgan fingerprint density at radius 3 is 2.72 bits per heavy atom. The second-order valence-corrected chi connectivity index (χ2v) is 4.85. The number of hydrogen-bond acceptors (Lipinski definition) is 3. The third-order valence-electron chi connectivity index (χ3n) is 2.16. The molecule has 0 saturated heterocycles. The van der Waals surface area contributed by atoms with E-state index in [1.54, 1.807) is 18.2 Å². The average molecular weight is 337 g/mol. The van der Waals surface area contributed by atoms with Crippen molar-refractivity contribution < 1.29 is 19.8 Å². The van der Waals surface area contributed by atoms with Crippen LogP contribution in [0.5, 0.6) is 0 Å². The molecule has 1 atom stereocenters. The molecule has 0 radical (unpaired) electrons. The molecule has 0 aliphatic heterocycles. The molecule has 0 spiro atoms. The molecule has 18 heavy (non-hydrogen) atoms. The van der Waals surface area contributed by atoms with Crippen LogP contribution in [0.4, 0.5) is 0 Å². The molecule has 7 heteroatoms. The smallest absolute Gasteiger partial charge is 0.332 e. The van der Waals surface area contributed by atoms with Crippen LogP contribution in [0.15, 0.2) is 22.7 Å². The van der Waals surface area contributed by atoms with E-state index in [1.165, 1.54) is 0 Å². The van der Waals surface area contributed by atoms with Gasteiger partial charge in [-0.25, -0.2) is 4.79 Å². The minimum atomic E-state index is -1.48. The Balaban J connectivity index is 2.55. The minimum absolute atomic E-state index is 0.0507. The van der Waals surface area contributed by atoms with E-state index in [2.05, 4.69) is 21.2 Å². The number of aliphatic hydroxyl groups excluding tert-OH is 1. The molecule has 98 valence electrons. The molecule has 0 saturated carbocycles. The quantitative estimate of drug-likeness (QED) is 0.763. The molecule has 1 unspecified atom stereocenters. The number of carbonyl (C=O) groups is 2. The third kappa shape index (κ3) is 4.29. The number of benzene rings is 1. The van der Waals surface area contributed by atoms with E-state index in [0.717, 1.165) is 0 Å². The minimum Gasteiger partial charge on any atom is -0.479 e. The maximum absolute atomic E-state index is 11.7. The average Bonchev–Trinajstić information content (AvgIpc) is 2.31. The highest BCUT2D eigenvalue weighted by atomic mass is 79.9. The van der Waals surface area contributed by atoms with Gasteiger partial charge in [-0.2, -0.15) is 0 Å². The third-order valence-corrected chi connectivity index (χ3v) is 2.98. The number of carboxylic acid groups (broad SMARTS) is 1. The van der Waals surface area contributed by atoms with Crippen molar-refractivity contribution in [1.29, 1.82) is 0 Å². The highest BCUT2D eigenvalue weighted by Crippen LogP contribution is 2.20. The number of aliphatic hydroxyl groups is 1. The van der Waals surface area contributed by atoms with Gasteiger partial charge in [-0.1, -0.05) is 27.5 Å². The number of amides is 1. The monoisotopic (exact) mass is 335 g/mol. The number of carbonyl (C=O) groups excluding carboxylic acids is 1. The van der Waals surface area contributed by atoms with Crippen LogP contribution in [0, 0.1) is 0 Å². The highest BCUT2D eigenvalue weighted by molar-refractivity contribution is 9.10. The predicted octanol–water partition coefficient (Wildman–Crippen LogP) is 1.67. The van der Waals surface area contributed by atoms with Gasteiger partial charge in [-0.3, -0.25) is 4.79 Å². The zero-order valence-electron chi connectivity index (χ0n) is 9.19. The fourth-order valence-corrected chi connectivity index (χ4v) is 1.78. The van der Waals surface area contributed by atoms with Gasteiger partial charge in [0, 0.05) is 17.4 Å². The van der Waals surface area contributed by atoms with Crippen molar-refractivity contribution >= 4 is 39.4 Å². The molecule has 1 rings (SSSR count). The lowest BCUT2D eigenvalue weighted by Crippen LogP contribution is -2.30. The van der Waals surface area contributed by atoms with Gasteiger partial charge in [-0.15, -0.1) is 0 Å². The molecule has 0 bridgehead atoms. The van der Waals surface area contributed by atoms with Crippen molar-refractivity contribution in [3.63, 3.8) is 0 Å². The van der Waals surface area contributed by atoms with Gasteiger partial charge in [0.15, 0.2) is 6.10 Å². The van der Waals surface area contributed by atoms with Gasteiger partial charge in [0.25, 0.3) is 5.91 Å². The maximum Gasteiger partial charge on any atom is 0.332 e. The first-order chi connectivity index (χ1) is 8.41. The van der Waals surface area contributed by atoms with Crippen molar-refractivity contribution in [1.82, 2.24) is 5.32 Å². The Bertz CT molecular complexity index is 466. The van der Waals surface area contributed by atoms with Crippen LogP contribution in [0.25, 0.3) is 0 Å². The van der Waals surface area contributed by atoms with Gasteiger partial charge in [0.05, 0.1) is 10.6 Å². The maximum atomic E-state index is 11.7. The topological polar surface area (TPSA) is 86.6 Å². The Morgan fingerprint density at radius 2 is 2.11 bits per heavy atom. The molecule has 0 aliphatic carbocycles. The molecule has 1 amide bonds. The summed E-state index contributed by atoms with van der Waals surface area (Å²) in [6, 6.07) is 4.84. The van der Waals surface area contributed by atoms with E-state index in [0.29, 0.717) is 9.50 Å². The summed E-state index contributed by atoms with van der Waals surface area (Å²) in [5.74, 6) is -1.73. The van der Waals surface area contributed by atoms with Crippen molar-refractivity contribution in [2.24, 2.45) is 0 Å². The van der Waals surface area contributed by atoms with E-state index in [9.17, 15) is 9.59 Å². The normalized spacial score (nSPS) is 11.9. The van der Waals surface area contributed by atoms with Crippen molar-refractivity contribution in [2.75, 3.05) is 6.54 Å². The predicted molar refractivity (Wildman–Crippen MR) is 69.7 cm³/mol. The number of aliphatic carboxylic acids is 1. The van der Waals surface area contributed by atoms with Crippen molar-refractivity contribution in [3.8, 4) is 0 Å². The molecule has 0 aliphatic rings. The largest absolute Gasteiger partial charge is 0.479 e. The molecule has 1 aromatic rings. The molecular formula is C11H11BrClNO4. The Kier molecular flexibility index (Phi) is 5.58. The van der Waals surface area contributed by atoms with Crippen LogP contribution >= 0.6 is 27.5 Å². The number of nitrogens with one attached hydrogen (secondary N) is 1.